The molecule has 0 spiro atoms. The van der Waals surface area contributed by atoms with E-state index in [1.54, 1.807) is 0 Å². The third-order valence-electron chi connectivity index (χ3n) is 2.38. The highest BCUT2D eigenvalue weighted by Crippen LogP contribution is 2.24. The fraction of sp³-hybridized carbons (Fsp3) is 0.400. The molecule has 0 aromatic carbocycles. The van der Waals surface area contributed by atoms with E-state index >= 15 is 0 Å². The summed E-state index contributed by atoms with van der Waals surface area (Å²) in [7, 11) is 1.05. The molecule has 8 nitrogen and oxygen atoms in total. The summed E-state index contributed by atoms with van der Waals surface area (Å²) in [5, 5.41) is 29.8. The Labute approximate surface area is 102 Å². The summed E-state index contributed by atoms with van der Waals surface area (Å²) in [6, 6.07) is 1.05. The van der Waals surface area contributed by atoms with Gasteiger partial charge in [0.05, 0.1) is 12.0 Å². The number of hydrogen-bond acceptors (Lipinski definition) is 7. The first-order valence-electron chi connectivity index (χ1n) is 4.93. The molecule has 1 rings (SSSR count). The number of hydrogen-bond donors (Lipinski definition) is 2. The van der Waals surface area contributed by atoms with Gasteiger partial charge in [0.15, 0.2) is 6.10 Å². The predicted octanol–water partition coefficient (Wildman–Crippen LogP) is -0.134. The molecule has 98 valence electrons. The minimum Gasteiger partial charge on any atom is -0.467 e. The number of esters is 1. The molecule has 1 aromatic rings. The molecule has 2 atom stereocenters. The highest BCUT2D eigenvalue weighted by atomic mass is 16.6. The van der Waals surface area contributed by atoms with Crippen LogP contribution < -0.4 is 0 Å². The number of aliphatic hydroxyl groups is 2. The Morgan fingerprint density at radius 1 is 1.56 bits per heavy atom. The monoisotopic (exact) mass is 256 g/mol. The van der Waals surface area contributed by atoms with E-state index in [0.717, 1.165) is 19.4 Å². The van der Waals surface area contributed by atoms with Crippen LogP contribution in [0, 0.1) is 17.0 Å². The molecule has 0 saturated carbocycles. The van der Waals surface area contributed by atoms with Gasteiger partial charge in [-0.2, -0.15) is 0 Å². The van der Waals surface area contributed by atoms with Gasteiger partial charge in [0, 0.05) is 17.3 Å². The molecule has 0 amide bonds. The minimum atomic E-state index is -1.82. The molecule has 8 heteroatoms. The van der Waals surface area contributed by atoms with Crippen LogP contribution in [-0.4, -0.2) is 39.3 Å². The van der Waals surface area contributed by atoms with Gasteiger partial charge in [0.25, 0.3) is 5.69 Å². The van der Waals surface area contributed by atoms with Gasteiger partial charge in [0.2, 0.25) is 0 Å². The lowest BCUT2D eigenvalue weighted by atomic mass is 10.0. The normalized spacial score (nSPS) is 13.8. The third-order valence-corrected chi connectivity index (χ3v) is 2.38. The molecule has 2 N–H and O–H groups in total. The zero-order valence-corrected chi connectivity index (χ0v) is 9.73. The molecule has 1 heterocycles. The van der Waals surface area contributed by atoms with Gasteiger partial charge in [-0.1, -0.05) is 0 Å². The molecule has 0 aliphatic heterocycles. The van der Waals surface area contributed by atoms with E-state index in [0.29, 0.717) is 0 Å². The maximum atomic E-state index is 11.1. The number of pyridine rings is 1. The lowest BCUT2D eigenvalue weighted by Crippen LogP contribution is -2.29. The average molecular weight is 256 g/mol. The van der Waals surface area contributed by atoms with Crippen molar-refractivity contribution in [1.82, 2.24) is 4.98 Å². The highest BCUT2D eigenvalue weighted by molar-refractivity contribution is 5.75. The summed E-state index contributed by atoms with van der Waals surface area (Å²) in [5.41, 5.74) is -0.0649. The second-order valence-corrected chi connectivity index (χ2v) is 3.54. The van der Waals surface area contributed by atoms with Crippen LogP contribution in [-0.2, 0) is 9.53 Å². The largest absolute Gasteiger partial charge is 0.467 e. The zero-order chi connectivity index (χ0) is 13.9. The average Bonchev–Trinajstić information content (AvgIpc) is 2.36. The Bertz CT molecular complexity index is 475. The van der Waals surface area contributed by atoms with Gasteiger partial charge < -0.3 is 14.9 Å². The zero-order valence-electron chi connectivity index (χ0n) is 9.73. The smallest absolute Gasteiger partial charge is 0.337 e. The van der Waals surface area contributed by atoms with Crippen molar-refractivity contribution < 1.29 is 24.7 Å². The van der Waals surface area contributed by atoms with Crippen molar-refractivity contribution in [2.75, 3.05) is 7.11 Å². The third kappa shape index (κ3) is 2.79. The van der Waals surface area contributed by atoms with Crippen LogP contribution in [0.1, 0.15) is 17.4 Å². The Morgan fingerprint density at radius 3 is 2.67 bits per heavy atom. The van der Waals surface area contributed by atoms with Crippen LogP contribution in [0.2, 0.25) is 0 Å². The van der Waals surface area contributed by atoms with Gasteiger partial charge in [-0.25, -0.2) is 4.79 Å². The van der Waals surface area contributed by atoms with E-state index in [1.165, 1.54) is 6.92 Å². The molecule has 0 radical (unpaired) electrons. The minimum absolute atomic E-state index is 0.00194. The lowest BCUT2D eigenvalue weighted by Gasteiger charge is -2.17. The van der Waals surface area contributed by atoms with E-state index in [9.17, 15) is 25.1 Å². The summed E-state index contributed by atoms with van der Waals surface area (Å²) < 4.78 is 4.27. The van der Waals surface area contributed by atoms with Crippen LogP contribution in [0.5, 0.6) is 0 Å². The van der Waals surface area contributed by atoms with Crippen LogP contribution in [0.3, 0.4) is 0 Å². The number of aromatic nitrogens is 1. The van der Waals surface area contributed by atoms with E-state index in [4.69, 9.17) is 0 Å². The van der Waals surface area contributed by atoms with Crippen LogP contribution in [0.25, 0.3) is 0 Å². The standard InChI is InChI=1S/C10H12N2O6/c1-5-7(3-6(4-11-5)12(16)17)8(13)9(14)10(15)18-2/h3-4,8-9,13-14H,1-2H3. The Kier molecular flexibility index (Phi) is 4.29. The molecule has 0 saturated heterocycles. The van der Waals surface area contributed by atoms with Crippen molar-refractivity contribution in [2.24, 2.45) is 0 Å². The maximum absolute atomic E-state index is 11.1. The molecule has 18 heavy (non-hydrogen) atoms. The fourth-order valence-corrected chi connectivity index (χ4v) is 1.36. The van der Waals surface area contributed by atoms with Gasteiger partial charge in [-0.15, -0.1) is 0 Å². The number of rotatable bonds is 4. The van der Waals surface area contributed by atoms with Crippen molar-refractivity contribution in [1.29, 1.82) is 0 Å². The molecule has 1 aromatic heterocycles. The number of carbonyl (C=O) groups excluding carboxylic acids is 1. The second-order valence-electron chi connectivity index (χ2n) is 3.54. The summed E-state index contributed by atoms with van der Waals surface area (Å²) in [5.74, 6) is -1.03. The van der Waals surface area contributed by atoms with Crippen molar-refractivity contribution in [3.05, 3.63) is 33.6 Å². The Morgan fingerprint density at radius 2 is 2.17 bits per heavy atom. The summed E-state index contributed by atoms with van der Waals surface area (Å²) in [6.07, 6.45) is -2.43. The first-order valence-corrected chi connectivity index (χ1v) is 4.93. The van der Waals surface area contributed by atoms with Gasteiger partial charge in [-0.05, 0) is 6.92 Å². The second kappa shape index (κ2) is 5.52. The summed E-state index contributed by atoms with van der Waals surface area (Å²) >= 11 is 0. The SMILES string of the molecule is COC(=O)C(O)C(O)c1cc([N+](=O)[O-])cnc1C. The Balaban J connectivity index is 3.11. The predicted molar refractivity (Wildman–Crippen MR) is 58.6 cm³/mol. The number of nitrogens with zero attached hydrogens (tertiary/aromatic N) is 2. The van der Waals surface area contributed by atoms with Crippen LogP contribution in [0.15, 0.2) is 12.3 Å². The van der Waals surface area contributed by atoms with Crippen molar-refractivity contribution in [3.8, 4) is 0 Å². The molecule has 0 fully saturated rings. The van der Waals surface area contributed by atoms with E-state index in [1.807, 2.05) is 0 Å². The van der Waals surface area contributed by atoms with Crippen LogP contribution in [0.4, 0.5) is 5.69 Å². The molecular weight excluding hydrogens is 244 g/mol. The maximum Gasteiger partial charge on any atom is 0.337 e. The number of ether oxygens (including phenoxy) is 1. The van der Waals surface area contributed by atoms with Gasteiger partial charge in [0.1, 0.15) is 12.3 Å². The van der Waals surface area contributed by atoms with Crippen molar-refractivity contribution >= 4 is 11.7 Å². The highest BCUT2D eigenvalue weighted by Gasteiger charge is 2.29. The molecule has 0 aliphatic rings. The topological polar surface area (TPSA) is 123 Å². The Hall–Kier alpha value is -2.06. The van der Waals surface area contributed by atoms with E-state index in [2.05, 4.69) is 9.72 Å². The number of aryl methyl sites for hydroxylation is 1. The summed E-state index contributed by atoms with van der Waals surface area (Å²) in [4.78, 5) is 24.7. The van der Waals surface area contributed by atoms with E-state index in [-0.39, 0.29) is 16.9 Å². The van der Waals surface area contributed by atoms with Crippen molar-refractivity contribution in [2.45, 2.75) is 19.1 Å². The number of aliphatic hydroxyl groups excluding tert-OH is 2. The lowest BCUT2D eigenvalue weighted by molar-refractivity contribution is -0.385. The molecular formula is C10H12N2O6. The summed E-state index contributed by atoms with van der Waals surface area (Å²) in [6.45, 7) is 1.49. The first kappa shape index (κ1) is 14.0. The number of carbonyl (C=O) groups is 1. The number of nitro groups is 1. The van der Waals surface area contributed by atoms with E-state index < -0.39 is 23.1 Å². The fourth-order valence-electron chi connectivity index (χ4n) is 1.36. The van der Waals surface area contributed by atoms with Gasteiger partial charge in [-0.3, -0.25) is 15.1 Å². The quantitative estimate of drug-likeness (QED) is 0.436. The molecule has 0 aliphatic carbocycles. The van der Waals surface area contributed by atoms with Crippen molar-refractivity contribution in [3.63, 3.8) is 0 Å². The molecule has 0 bridgehead atoms. The van der Waals surface area contributed by atoms with Gasteiger partial charge >= 0.3 is 5.97 Å². The number of methoxy groups -OCH3 is 1. The van der Waals surface area contributed by atoms with Crippen LogP contribution >= 0.6 is 0 Å². The first-order chi connectivity index (χ1) is 8.38. The molecule has 2 unspecified atom stereocenters.